The number of carbonyl (C=O) groups excluding carboxylic acids is 1. The number of nitrogens with zero attached hydrogens (tertiary/aromatic N) is 1. The minimum atomic E-state index is -0.818. The lowest BCUT2D eigenvalue weighted by Gasteiger charge is -2.21. The second kappa shape index (κ2) is 7.66. The Hall–Kier alpha value is -2.08. The highest BCUT2D eigenvalue weighted by Crippen LogP contribution is 2.25. The minimum Gasteiger partial charge on any atom is -0.481 e. The summed E-state index contributed by atoms with van der Waals surface area (Å²) < 4.78 is 5.20. The molecule has 1 heterocycles. The van der Waals surface area contributed by atoms with Crippen molar-refractivity contribution in [2.45, 2.75) is 32.9 Å². The molecule has 2 rings (SSSR count). The molecule has 6 nitrogen and oxygen atoms in total. The summed E-state index contributed by atoms with van der Waals surface area (Å²) >= 11 is 0. The molecular formula is C18H26N2O4. The fourth-order valence-corrected chi connectivity index (χ4v) is 2.95. The van der Waals surface area contributed by atoms with E-state index in [1.807, 2.05) is 30.3 Å². The quantitative estimate of drug-likeness (QED) is 0.864. The molecule has 1 aromatic rings. The summed E-state index contributed by atoms with van der Waals surface area (Å²) in [5.41, 5.74) is 0.591. The molecule has 1 amide bonds. The zero-order valence-corrected chi connectivity index (χ0v) is 14.5. The second-order valence-corrected chi connectivity index (χ2v) is 7.27. The van der Waals surface area contributed by atoms with E-state index in [4.69, 9.17) is 4.74 Å². The number of aliphatic carboxylic acids is 1. The molecule has 1 saturated heterocycles. The zero-order valence-electron chi connectivity index (χ0n) is 14.5. The van der Waals surface area contributed by atoms with Crippen molar-refractivity contribution >= 4 is 12.1 Å². The highest BCUT2D eigenvalue weighted by molar-refractivity contribution is 5.71. The van der Waals surface area contributed by atoms with Crippen molar-refractivity contribution < 1.29 is 19.4 Å². The van der Waals surface area contributed by atoms with E-state index in [1.54, 1.807) is 20.8 Å². The molecule has 6 heteroatoms. The molecule has 0 saturated carbocycles. The third-order valence-corrected chi connectivity index (χ3v) is 3.99. The van der Waals surface area contributed by atoms with Gasteiger partial charge in [-0.15, -0.1) is 0 Å². The summed E-state index contributed by atoms with van der Waals surface area (Å²) in [7, 11) is 0. The van der Waals surface area contributed by atoms with Crippen LogP contribution in [-0.2, 0) is 16.1 Å². The largest absolute Gasteiger partial charge is 0.481 e. The number of rotatable bonds is 5. The topological polar surface area (TPSA) is 78.9 Å². The maximum absolute atomic E-state index is 11.8. The summed E-state index contributed by atoms with van der Waals surface area (Å²) in [6.45, 7) is 7.54. The van der Waals surface area contributed by atoms with Gasteiger partial charge in [-0.3, -0.25) is 9.69 Å². The lowest BCUT2D eigenvalue weighted by atomic mass is 9.96. The molecule has 132 valence electrons. The lowest BCUT2D eigenvalue weighted by Crippen LogP contribution is -2.38. The van der Waals surface area contributed by atoms with E-state index in [-0.39, 0.29) is 5.92 Å². The fourth-order valence-electron chi connectivity index (χ4n) is 2.95. The number of amides is 1. The van der Waals surface area contributed by atoms with Gasteiger partial charge in [-0.25, -0.2) is 4.79 Å². The first-order valence-electron chi connectivity index (χ1n) is 8.20. The molecule has 0 aliphatic carbocycles. The Morgan fingerprint density at radius 3 is 2.50 bits per heavy atom. The van der Waals surface area contributed by atoms with Crippen LogP contribution in [0.1, 0.15) is 26.3 Å². The van der Waals surface area contributed by atoms with Crippen LogP contribution in [0.3, 0.4) is 0 Å². The van der Waals surface area contributed by atoms with Gasteiger partial charge in [0.1, 0.15) is 5.60 Å². The first kappa shape index (κ1) is 18.3. The average molecular weight is 334 g/mol. The van der Waals surface area contributed by atoms with Gasteiger partial charge < -0.3 is 15.2 Å². The van der Waals surface area contributed by atoms with Crippen molar-refractivity contribution in [2.75, 3.05) is 19.6 Å². The van der Waals surface area contributed by atoms with Crippen molar-refractivity contribution in [1.29, 1.82) is 0 Å². The Kier molecular flexibility index (Phi) is 5.83. The summed E-state index contributed by atoms with van der Waals surface area (Å²) in [6.07, 6.45) is -0.506. The van der Waals surface area contributed by atoms with Crippen LogP contribution in [0.25, 0.3) is 0 Å². The van der Waals surface area contributed by atoms with Gasteiger partial charge in [-0.2, -0.15) is 0 Å². The van der Waals surface area contributed by atoms with Gasteiger partial charge in [-0.1, -0.05) is 30.3 Å². The molecule has 0 aromatic heterocycles. The fraction of sp³-hybridized carbons (Fsp3) is 0.556. The number of benzene rings is 1. The predicted octanol–water partition coefficient (Wildman–Crippen LogP) is 2.34. The first-order valence-corrected chi connectivity index (χ1v) is 8.20. The van der Waals surface area contributed by atoms with Crippen molar-refractivity contribution in [3.63, 3.8) is 0 Å². The molecular weight excluding hydrogens is 308 g/mol. The lowest BCUT2D eigenvalue weighted by molar-refractivity contribution is -0.142. The molecule has 1 fully saturated rings. The molecule has 0 bridgehead atoms. The van der Waals surface area contributed by atoms with Crippen LogP contribution in [-0.4, -0.2) is 47.3 Å². The van der Waals surface area contributed by atoms with Gasteiger partial charge in [0, 0.05) is 32.1 Å². The van der Waals surface area contributed by atoms with Gasteiger partial charge in [-0.05, 0) is 26.3 Å². The normalized spacial score (nSPS) is 21.5. The van der Waals surface area contributed by atoms with Crippen LogP contribution in [0.15, 0.2) is 30.3 Å². The third-order valence-electron chi connectivity index (χ3n) is 3.99. The van der Waals surface area contributed by atoms with Crippen LogP contribution >= 0.6 is 0 Å². The van der Waals surface area contributed by atoms with Gasteiger partial charge in [0.25, 0.3) is 0 Å². The summed E-state index contributed by atoms with van der Waals surface area (Å²) in [5.74, 6) is -1.43. The number of hydrogen-bond donors (Lipinski definition) is 2. The van der Waals surface area contributed by atoms with Crippen LogP contribution in [0.4, 0.5) is 4.79 Å². The van der Waals surface area contributed by atoms with Gasteiger partial charge in [0.05, 0.1) is 5.92 Å². The number of ether oxygens (including phenoxy) is 1. The summed E-state index contributed by atoms with van der Waals surface area (Å²) in [4.78, 5) is 25.4. The van der Waals surface area contributed by atoms with Crippen LogP contribution < -0.4 is 5.32 Å². The van der Waals surface area contributed by atoms with Crippen molar-refractivity contribution in [3.8, 4) is 0 Å². The Morgan fingerprint density at radius 1 is 1.25 bits per heavy atom. The van der Waals surface area contributed by atoms with Gasteiger partial charge >= 0.3 is 12.1 Å². The molecule has 0 radical (unpaired) electrons. The maximum atomic E-state index is 11.8. The van der Waals surface area contributed by atoms with Crippen LogP contribution in [0.2, 0.25) is 0 Å². The molecule has 1 aromatic carbocycles. The average Bonchev–Trinajstić information content (AvgIpc) is 2.87. The van der Waals surface area contributed by atoms with Crippen molar-refractivity contribution in [1.82, 2.24) is 10.2 Å². The Labute approximate surface area is 142 Å². The SMILES string of the molecule is CC(C)(C)OC(=O)NC[C@H]1CN(Cc2ccccc2)C[C@H]1C(=O)O. The van der Waals surface area contributed by atoms with E-state index in [1.165, 1.54) is 0 Å². The number of nitrogens with one attached hydrogen (secondary N) is 1. The Bertz CT molecular complexity index is 568. The molecule has 24 heavy (non-hydrogen) atoms. The van der Waals surface area contributed by atoms with Gasteiger partial charge in [0.15, 0.2) is 0 Å². The first-order chi connectivity index (χ1) is 11.2. The Balaban J connectivity index is 1.90. The summed E-state index contributed by atoms with van der Waals surface area (Å²) in [5, 5.41) is 12.1. The molecule has 2 N–H and O–H groups in total. The molecule has 2 atom stereocenters. The highest BCUT2D eigenvalue weighted by atomic mass is 16.6. The number of carboxylic acids is 1. The monoisotopic (exact) mass is 334 g/mol. The molecule has 1 aliphatic heterocycles. The molecule has 0 unspecified atom stereocenters. The number of alkyl carbamates (subject to hydrolysis) is 1. The van der Waals surface area contributed by atoms with Crippen LogP contribution in [0, 0.1) is 11.8 Å². The zero-order chi connectivity index (χ0) is 17.7. The van der Waals surface area contributed by atoms with E-state index in [0.717, 1.165) is 5.56 Å². The number of likely N-dealkylation sites (tertiary alicyclic amines) is 1. The summed E-state index contributed by atoms with van der Waals surface area (Å²) in [6, 6.07) is 9.97. The smallest absolute Gasteiger partial charge is 0.407 e. The van der Waals surface area contributed by atoms with E-state index in [0.29, 0.717) is 26.2 Å². The molecule has 1 aliphatic rings. The third kappa shape index (κ3) is 5.53. The number of carbonyl (C=O) groups is 2. The van der Waals surface area contributed by atoms with Gasteiger partial charge in [0.2, 0.25) is 0 Å². The Morgan fingerprint density at radius 2 is 1.92 bits per heavy atom. The second-order valence-electron chi connectivity index (χ2n) is 7.27. The predicted molar refractivity (Wildman–Crippen MR) is 90.6 cm³/mol. The minimum absolute atomic E-state index is 0.126. The van der Waals surface area contributed by atoms with Crippen molar-refractivity contribution in [2.24, 2.45) is 11.8 Å². The van der Waals surface area contributed by atoms with E-state index >= 15 is 0 Å². The van der Waals surface area contributed by atoms with E-state index in [9.17, 15) is 14.7 Å². The van der Waals surface area contributed by atoms with E-state index < -0.39 is 23.6 Å². The molecule has 0 spiro atoms. The maximum Gasteiger partial charge on any atom is 0.407 e. The van der Waals surface area contributed by atoms with Crippen LogP contribution in [0.5, 0.6) is 0 Å². The number of carboxylic acid groups (broad SMARTS) is 1. The standard InChI is InChI=1S/C18H26N2O4/c1-18(2,3)24-17(23)19-9-14-11-20(12-15(14)16(21)22)10-13-7-5-4-6-8-13/h4-8,14-15H,9-12H2,1-3H3,(H,19,23)(H,21,22)/t14-,15+/m0/s1. The van der Waals surface area contributed by atoms with Crippen molar-refractivity contribution in [3.05, 3.63) is 35.9 Å². The number of hydrogen-bond acceptors (Lipinski definition) is 4. The van der Waals surface area contributed by atoms with E-state index in [2.05, 4.69) is 10.2 Å². The highest BCUT2D eigenvalue weighted by Gasteiger charge is 2.37.